The van der Waals surface area contributed by atoms with E-state index in [4.69, 9.17) is 11.5 Å². The number of hydrogen-bond donors (Lipinski definition) is 7. The normalized spacial score (nSPS) is 14.0. The van der Waals surface area contributed by atoms with Crippen molar-refractivity contribution in [2.75, 3.05) is 0 Å². The zero-order valence-corrected chi connectivity index (χ0v) is 23.6. The van der Waals surface area contributed by atoms with Crippen molar-refractivity contribution in [3.8, 4) is 0 Å². The number of amides is 4. The molecule has 0 spiro atoms. The van der Waals surface area contributed by atoms with Crippen molar-refractivity contribution in [2.24, 2.45) is 17.4 Å². The van der Waals surface area contributed by atoms with Crippen LogP contribution in [0.3, 0.4) is 0 Å². The van der Waals surface area contributed by atoms with Crippen molar-refractivity contribution in [3.05, 3.63) is 71.9 Å². The Kier molecular flexibility index (Phi) is 11.2. The highest BCUT2D eigenvalue weighted by Gasteiger charge is 2.32. The van der Waals surface area contributed by atoms with E-state index in [1.54, 1.807) is 36.5 Å². The number of H-pyrrole nitrogens is 1. The second kappa shape index (κ2) is 14.8. The summed E-state index contributed by atoms with van der Waals surface area (Å²) >= 11 is 0. The molecule has 4 atom stereocenters. The largest absolute Gasteiger partial charge is 0.481 e. The summed E-state index contributed by atoms with van der Waals surface area (Å²) in [7, 11) is 0. The molecule has 3 aromatic rings. The molecule has 0 aliphatic rings. The molecule has 0 radical (unpaired) electrons. The van der Waals surface area contributed by atoms with Crippen molar-refractivity contribution in [1.29, 1.82) is 0 Å². The van der Waals surface area contributed by atoms with Gasteiger partial charge in [-0.25, -0.2) is 0 Å². The Morgan fingerprint density at radius 3 is 2.05 bits per heavy atom. The summed E-state index contributed by atoms with van der Waals surface area (Å²) in [6.45, 7) is 3.70. The monoisotopic (exact) mass is 578 g/mol. The van der Waals surface area contributed by atoms with Gasteiger partial charge in [0.05, 0.1) is 12.5 Å². The SMILES string of the molecule is CC(C)C[C@H](NC(=O)[C@@H](N)Cc1c[nH]c2ccccc12)C(=O)N[C@@H](CC(=O)O)C(=O)N[C@@H](Cc1ccccc1)C(N)=O. The quantitative estimate of drug-likeness (QED) is 0.137. The van der Waals surface area contributed by atoms with Crippen LogP contribution in [0, 0.1) is 5.92 Å². The number of benzene rings is 2. The number of nitrogens with two attached hydrogens (primary N) is 2. The topological polar surface area (TPSA) is 209 Å². The van der Waals surface area contributed by atoms with E-state index < -0.39 is 60.2 Å². The molecule has 3 rings (SSSR count). The van der Waals surface area contributed by atoms with Gasteiger partial charge in [0, 0.05) is 23.5 Å². The van der Waals surface area contributed by atoms with E-state index in [0.29, 0.717) is 0 Å². The van der Waals surface area contributed by atoms with Gasteiger partial charge in [0.15, 0.2) is 0 Å². The molecule has 0 unspecified atom stereocenters. The maximum absolute atomic E-state index is 13.3. The summed E-state index contributed by atoms with van der Waals surface area (Å²) in [5.74, 6) is -4.42. The second-order valence-corrected chi connectivity index (χ2v) is 10.7. The van der Waals surface area contributed by atoms with Gasteiger partial charge < -0.3 is 37.5 Å². The first-order chi connectivity index (χ1) is 19.9. The van der Waals surface area contributed by atoms with Crippen LogP contribution < -0.4 is 27.4 Å². The Balaban J connectivity index is 1.70. The summed E-state index contributed by atoms with van der Waals surface area (Å²) < 4.78 is 0. The molecule has 2 aromatic carbocycles. The molecule has 12 nitrogen and oxygen atoms in total. The standard InChI is InChI=1S/C30H38N6O6/c1-17(2)12-24(35-28(40)21(31)14-19-16-33-22-11-7-6-10-20(19)22)29(41)36-25(15-26(37)38)30(42)34-23(27(32)39)13-18-8-4-3-5-9-18/h3-11,16-17,21,23-25,33H,12-15,31H2,1-2H3,(H2,32,39)(H,34,42)(H,35,40)(H,36,41)(H,37,38)/t21-,23-,24-,25-/m0/s1. The number of primary amides is 1. The van der Waals surface area contributed by atoms with Crippen LogP contribution >= 0.6 is 0 Å². The van der Waals surface area contributed by atoms with E-state index in [0.717, 1.165) is 22.0 Å². The highest BCUT2D eigenvalue weighted by molar-refractivity contribution is 5.96. The predicted octanol–water partition coefficient (Wildman–Crippen LogP) is 0.741. The van der Waals surface area contributed by atoms with Gasteiger partial charge in [-0.15, -0.1) is 0 Å². The number of carbonyl (C=O) groups excluding carboxylic acids is 4. The minimum absolute atomic E-state index is 0.0391. The third kappa shape index (κ3) is 9.16. The van der Waals surface area contributed by atoms with Gasteiger partial charge in [-0.3, -0.25) is 24.0 Å². The fourth-order valence-corrected chi connectivity index (χ4v) is 4.61. The van der Waals surface area contributed by atoms with Gasteiger partial charge in [0.1, 0.15) is 18.1 Å². The Hall–Kier alpha value is -4.71. The number of carboxylic acids is 1. The number of aromatic amines is 1. The molecule has 0 saturated heterocycles. The first kappa shape index (κ1) is 31.8. The van der Waals surface area contributed by atoms with Crippen LogP contribution in [0.1, 0.15) is 37.8 Å². The maximum Gasteiger partial charge on any atom is 0.305 e. The average molecular weight is 579 g/mol. The summed E-state index contributed by atoms with van der Waals surface area (Å²) in [5, 5.41) is 17.9. The highest BCUT2D eigenvalue weighted by Crippen LogP contribution is 2.19. The lowest BCUT2D eigenvalue weighted by atomic mass is 10.0. The number of carbonyl (C=O) groups is 5. The van der Waals surface area contributed by atoms with Crippen LogP contribution in [0.15, 0.2) is 60.8 Å². The lowest BCUT2D eigenvalue weighted by Crippen LogP contribution is -2.58. The Bertz CT molecular complexity index is 1410. The molecule has 0 bridgehead atoms. The molecule has 0 aliphatic heterocycles. The van der Waals surface area contributed by atoms with E-state index in [2.05, 4.69) is 20.9 Å². The van der Waals surface area contributed by atoms with Crippen LogP contribution in [0.2, 0.25) is 0 Å². The van der Waals surface area contributed by atoms with Gasteiger partial charge in [0.25, 0.3) is 0 Å². The Morgan fingerprint density at radius 1 is 0.810 bits per heavy atom. The average Bonchev–Trinajstić information content (AvgIpc) is 3.34. The lowest BCUT2D eigenvalue weighted by molar-refractivity contribution is -0.141. The highest BCUT2D eigenvalue weighted by atomic mass is 16.4. The predicted molar refractivity (Wildman–Crippen MR) is 157 cm³/mol. The number of hydrogen-bond acceptors (Lipinski definition) is 6. The van der Waals surface area contributed by atoms with Gasteiger partial charge >= 0.3 is 5.97 Å². The molecule has 224 valence electrons. The molecule has 1 aromatic heterocycles. The Labute approximate surface area is 243 Å². The van der Waals surface area contributed by atoms with E-state index >= 15 is 0 Å². The molecule has 0 aliphatic carbocycles. The number of aliphatic carboxylic acids is 1. The molecule has 4 amide bonds. The molecule has 42 heavy (non-hydrogen) atoms. The van der Waals surface area contributed by atoms with Crippen molar-refractivity contribution < 1.29 is 29.1 Å². The number of fused-ring (bicyclic) bond motifs is 1. The number of nitrogens with one attached hydrogen (secondary N) is 4. The third-order valence-corrected chi connectivity index (χ3v) is 6.75. The molecule has 9 N–H and O–H groups in total. The van der Waals surface area contributed by atoms with Crippen LogP contribution in [0.5, 0.6) is 0 Å². The van der Waals surface area contributed by atoms with Crippen molar-refractivity contribution >= 4 is 40.5 Å². The van der Waals surface area contributed by atoms with Gasteiger partial charge in [-0.05, 0) is 36.0 Å². The molecule has 0 saturated carbocycles. The second-order valence-electron chi connectivity index (χ2n) is 10.7. The number of carboxylic acid groups (broad SMARTS) is 1. The summed E-state index contributed by atoms with van der Waals surface area (Å²) in [6, 6.07) is 11.7. The molecular formula is C30H38N6O6. The van der Waals surface area contributed by atoms with Crippen molar-refractivity contribution in [2.45, 2.75) is 63.7 Å². The number of rotatable bonds is 15. The summed E-state index contributed by atoms with van der Waals surface area (Å²) in [6.07, 6.45) is 1.53. The zero-order valence-electron chi connectivity index (χ0n) is 23.6. The van der Waals surface area contributed by atoms with Gasteiger partial charge in [-0.2, -0.15) is 0 Å². The fraction of sp³-hybridized carbons (Fsp3) is 0.367. The van der Waals surface area contributed by atoms with E-state index in [1.807, 2.05) is 38.1 Å². The maximum atomic E-state index is 13.3. The zero-order chi connectivity index (χ0) is 30.8. The first-order valence-corrected chi connectivity index (χ1v) is 13.7. The smallest absolute Gasteiger partial charge is 0.305 e. The van der Waals surface area contributed by atoms with Gasteiger partial charge in [-0.1, -0.05) is 62.4 Å². The third-order valence-electron chi connectivity index (χ3n) is 6.75. The van der Waals surface area contributed by atoms with E-state index in [-0.39, 0.29) is 25.2 Å². The lowest BCUT2D eigenvalue weighted by Gasteiger charge is -2.25. The molecule has 12 heteroatoms. The minimum Gasteiger partial charge on any atom is -0.481 e. The van der Waals surface area contributed by atoms with Crippen molar-refractivity contribution in [1.82, 2.24) is 20.9 Å². The van der Waals surface area contributed by atoms with Crippen molar-refractivity contribution in [3.63, 3.8) is 0 Å². The fourth-order valence-electron chi connectivity index (χ4n) is 4.61. The van der Waals surface area contributed by atoms with Gasteiger partial charge in [0.2, 0.25) is 23.6 Å². The van der Waals surface area contributed by atoms with Crippen LogP contribution in [0.4, 0.5) is 0 Å². The van der Waals surface area contributed by atoms with Crippen LogP contribution in [0.25, 0.3) is 10.9 Å². The Morgan fingerprint density at radius 2 is 1.40 bits per heavy atom. The molecule has 0 fully saturated rings. The number of para-hydroxylation sites is 1. The molecular weight excluding hydrogens is 540 g/mol. The molecule has 1 heterocycles. The van der Waals surface area contributed by atoms with E-state index in [9.17, 15) is 29.1 Å². The van der Waals surface area contributed by atoms with Crippen LogP contribution in [-0.2, 0) is 36.8 Å². The first-order valence-electron chi connectivity index (χ1n) is 13.7. The number of aromatic nitrogens is 1. The van der Waals surface area contributed by atoms with E-state index in [1.165, 1.54) is 0 Å². The summed E-state index contributed by atoms with van der Waals surface area (Å²) in [4.78, 5) is 66.1. The minimum atomic E-state index is -1.53. The summed E-state index contributed by atoms with van der Waals surface area (Å²) in [5.41, 5.74) is 14.2. The van der Waals surface area contributed by atoms with Crippen LogP contribution in [-0.4, -0.2) is 63.9 Å².